The minimum Gasteiger partial charge on any atom is -0.497 e. The Morgan fingerprint density at radius 3 is 2.61 bits per heavy atom. The van der Waals surface area contributed by atoms with E-state index >= 15 is 0 Å². The van der Waals surface area contributed by atoms with E-state index in [0.29, 0.717) is 26.2 Å². The third-order valence-electron chi connectivity index (χ3n) is 5.04. The molecule has 2 amide bonds. The molecule has 0 radical (unpaired) electrons. The summed E-state index contributed by atoms with van der Waals surface area (Å²) < 4.78 is 15.5. The summed E-state index contributed by atoms with van der Waals surface area (Å²) in [6.45, 7) is 1.95. The average Bonchev–Trinajstić information content (AvgIpc) is 3.41. The van der Waals surface area contributed by atoms with Gasteiger partial charge in [0.1, 0.15) is 5.75 Å². The third kappa shape index (κ3) is 4.54. The van der Waals surface area contributed by atoms with Crippen molar-refractivity contribution in [3.05, 3.63) is 54.0 Å². The Morgan fingerprint density at radius 2 is 1.96 bits per heavy atom. The van der Waals surface area contributed by atoms with E-state index in [2.05, 4.69) is 5.32 Å². The van der Waals surface area contributed by atoms with Crippen LogP contribution in [0.4, 0.5) is 0 Å². The van der Waals surface area contributed by atoms with Gasteiger partial charge < -0.3 is 24.1 Å². The SMILES string of the molecule is COCCCNC(=O)C1CN(C(=O)c2ccco2)CC1c1ccc(OC)cc1. The van der Waals surface area contributed by atoms with Crippen LogP contribution >= 0.6 is 0 Å². The molecule has 2 atom stereocenters. The monoisotopic (exact) mass is 386 g/mol. The molecule has 7 nitrogen and oxygen atoms in total. The first-order chi connectivity index (χ1) is 13.6. The van der Waals surface area contributed by atoms with Gasteiger partial charge in [-0.3, -0.25) is 9.59 Å². The molecular formula is C21H26N2O5. The maximum Gasteiger partial charge on any atom is 0.289 e. The highest BCUT2D eigenvalue weighted by Crippen LogP contribution is 2.34. The second-order valence-corrected chi connectivity index (χ2v) is 6.81. The standard InChI is InChI=1S/C21H26N2O5/c1-26-11-4-10-22-20(24)18-14-23(21(25)19-5-3-12-28-19)13-17(18)15-6-8-16(27-2)9-7-15/h3,5-9,12,17-18H,4,10-11,13-14H2,1-2H3,(H,22,24). The highest BCUT2D eigenvalue weighted by atomic mass is 16.5. The second kappa shape index (κ2) is 9.41. The van der Waals surface area contributed by atoms with Crippen LogP contribution in [-0.2, 0) is 9.53 Å². The highest BCUT2D eigenvalue weighted by Gasteiger charge is 2.41. The first-order valence-electron chi connectivity index (χ1n) is 9.37. The van der Waals surface area contributed by atoms with E-state index in [0.717, 1.165) is 17.7 Å². The van der Waals surface area contributed by atoms with Crippen LogP contribution < -0.4 is 10.1 Å². The largest absolute Gasteiger partial charge is 0.497 e. The fraction of sp³-hybridized carbons (Fsp3) is 0.429. The summed E-state index contributed by atoms with van der Waals surface area (Å²) in [7, 11) is 3.25. The average molecular weight is 386 g/mol. The molecular weight excluding hydrogens is 360 g/mol. The second-order valence-electron chi connectivity index (χ2n) is 6.81. The lowest BCUT2D eigenvalue weighted by molar-refractivity contribution is -0.124. The predicted octanol–water partition coefficient (Wildman–Crippen LogP) is 2.30. The number of nitrogens with zero attached hydrogens (tertiary/aromatic N) is 1. The Bertz CT molecular complexity index is 773. The van der Waals surface area contributed by atoms with Crippen molar-refractivity contribution in [1.29, 1.82) is 0 Å². The zero-order chi connectivity index (χ0) is 19.9. The van der Waals surface area contributed by atoms with E-state index in [1.165, 1.54) is 6.26 Å². The number of ether oxygens (including phenoxy) is 2. The van der Waals surface area contributed by atoms with Gasteiger partial charge in [-0.25, -0.2) is 0 Å². The molecule has 0 spiro atoms. The van der Waals surface area contributed by atoms with Crippen molar-refractivity contribution in [1.82, 2.24) is 10.2 Å². The van der Waals surface area contributed by atoms with Crippen LogP contribution in [-0.4, -0.2) is 57.2 Å². The fourth-order valence-electron chi connectivity index (χ4n) is 3.54. The van der Waals surface area contributed by atoms with Gasteiger partial charge in [0.15, 0.2) is 5.76 Å². The molecule has 2 heterocycles. The van der Waals surface area contributed by atoms with Gasteiger partial charge in [0.05, 0.1) is 19.3 Å². The van der Waals surface area contributed by atoms with Crippen molar-refractivity contribution in [2.45, 2.75) is 12.3 Å². The van der Waals surface area contributed by atoms with Gasteiger partial charge in [0, 0.05) is 39.3 Å². The van der Waals surface area contributed by atoms with E-state index in [9.17, 15) is 9.59 Å². The van der Waals surface area contributed by atoms with Crippen molar-refractivity contribution >= 4 is 11.8 Å². The zero-order valence-corrected chi connectivity index (χ0v) is 16.2. The third-order valence-corrected chi connectivity index (χ3v) is 5.04. The molecule has 1 N–H and O–H groups in total. The minimum atomic E-state index is -0.324. The summed E-state index contributed by atoms with van der Waals surface area (Å²) in [6, 6.07) is 11.0. The lowest BCUT2D eigenvalue weighted by Crippen LogP contribution is -2.36. The maximum atomic E-state index is 12.8. The summed E-state index contributed by atoms with van der Waals surface area (Å²) in [6.07, 6.45) is 2.22. The van der Waals surface area contributed by atoms with E-state index in [1.807, 2.05) is 24.3 Å². The number of likely N-dealkylation sites (tertiary alicyclic amines) is 1. The van der Waals surface area contributed by atoms with Gasteiger partial charge in [0.25, 0.3) is 5.91 Å². The van der Waals surface area contributed by atoms with Crippen molar-refractivity contribution in [3.63, 3.8) is 0 Å². The van der Waals surface area contributed by atoms with Crippen LogP contribution in [0.5, 0.6) is 5.75 Å². The molecule has 2 unspecified atom stereocenters. The summed E-state index contributed by atoms with van der Waals surface area (Å²) in [5.74, 6) is 0.382. The number of amides is 2. The van der Waals surface area contributed by atoms with Crippen LogP contribution in [0.15, 0.2) is 47.1 Å². The lowest BCUT2D eigenvalue weighted by Gasteiger charge is -2.18. The summed E-state index contributed by atoms with van der Waals surface area (Å²) in [5, 5.41) is 2.97. The number of rotatable bonds is 8. The zero-order valence-electron chi connectivity index (χ0n) is 16.2. The molecule has 1 fully saturated rings. The van der Waals surface area contributed by atoms with Crippen LogP contribution in [0, 0.1) is 5.92 Å². The molecule has 1 aliphatic rings. The highest BCUT2D eigenvalue weighted by molar-refractivity contribution is 5.92. The van der Waals surface area contributed by atoms with Crippen molar-refractivity contribution in [2.75, 3.05) is 40.5 Å². The molecule has 0 aliphatic carbocycles. The molecule has 1 aromatic carbocycles. The summed E-state index contributed by atoms with van der Waals surface area (Å²) in [4.78, 5) is 27.2. The van der Waals surface area contributed by atoms with Gasteiger partial charge in [0.2, 0.25) is 5.91 Å². The number of furan rings is 1. The van der Waals surface area contributed by atoms with Crippen molar-refractivity contribution in [2.24, 2.45) is 5.92 Å². The maximum absolute atomic E-state index is 12.8. The van der Waals surface area contributed by atoms with E-state index < -0.39 is 0 Å². The van der Waals surface area contributed by atoms with Crippen LogP contribution in [0.2, 0.25) is 0 Å². The van der Waals surface area contributed by atoms with Gasteiger partial charge in [-0.2, -0.15) is 0 Å². The Kier molecular flexibility index (Phi) is 6.71. The Balaban J connectivity index is 1.76. The molecule has 1 aromatic heterocycles. The van der Waals surface area contributed by atoms with E-state index in [1.54, 1.807) is 31.3 Å². The molecule has 2 aromatic rings. The van der Waals surface area contributed by atoms with Crippen molar-refractivity contribution in [3.8, 4) is 5.75 Å². The number of carbonyl (C=O) groups excluding carboxylic acids is 2. The number of benzene rings is 1. The first kappa shape index (κ1) is 19.9. The number of hydrogen-bond acceptors (Lipinski definition) is 5. The molecule has 7 heteroatoms. The van der Waals surface area contributed by atoms with Crippen LogP contribution in [0.1, 0.15) is 28.5 Å². The fourth-order valence-corrected chi connectivity index (χ4v) is 3.54. The van der Waals surface area contributed by atoms with E-state index in [4.69, 9.17) is 13.9 Å². The van der Waals surface area contributed by atoms with Gasteiger partial charge >= 0.3 is 0 Å². The molecule has 1 aliphatic heterocycles. The number of hydrogen-bond donors (Lipinski definition) is 1. The molecule has 3 rings (SSSR count). The van der Waals surface area contributed by atoms with Crippen LogP contribution in [0.3, 0.4) is 0 Å². The molecule has 150 valence electrons. The van der Waals surface area contributed by atoms with Gasteiger partial charge in [-0.1, -0.05) is 12.1 Å². The quantitative estimate of drug-likeness (QED) is 0.704. The smallest absolute Gasteiger partial charge is 0.289 e. The number of nitrogens with one attached hydrogen (secondary N) is 1. The Hall–Kier alpha value is -2.80. The van der Waals surface area contributed by atoms with E-state index in [-0.39, 0.29) is 29.4 Å². The van der Waals surface area contributed by atoms with Crippen molar-refractivity contribution < 1.29 is 23.5 Å². The lowest BCUT2D eigenvalue weighted by atomic mass is 9.88. The van der Waals surface area contributed by atoms with Gasteiger partial charge in [-0.15, -0.1) is 0 Å². The van der Waals surface area contributed by atoms with Gasteiger partial charge in [-0.05, 0) is 36.2 Å². The molecule has 1 saturated heterocycles. The normalized spacial score (nSPS) is 18.9. The topological polar surface area (TPSA) is 81.0 Å². The predicted molar refractivity (Wildman–Crippen MR) is 103 cm³/mol. The summed E-state index contributed by atoms with van der Waals surface area (Å²) >= 11 is 0. The minimum absolute atomic E-state index is 0.0494. The first-order valence-corrected chi connectivity index (χ1v) is 9.37. The molecule has 28 heavy (non-hydrogen) atoms. The number of methoxy groups -OCH3 is 2. The summed E-state index contributed by atoms with van der Waals surface area (Å²) in [5.41, 5.74) is 1.01. The Labute approximate surface area is 164 Å². The Morgan fingerprint density at radius 1 is 1.18 bits per heavy atom. The molecule has 0 bridgehead atoms. The number of carbonyl (C=O) groups is 2. The molecule has 0 saturated carbocycles. The van der Waals surface area contributed by atoms with Crippen LogP contribution in [0.25, 0.3) is 0 Å².